The number of carbonyl (C=O) groups excluding carboxylic acids is 1. The minimum absolute atomic E-state index is 0.122. The highest BCUT2D eigenvalue weighted by Crippen LogP contribution is 2.33. The van der Waals surface area contributed by atoms with Crippen molar-refractivity contribution in [1.29, 1.82) is 0 Å². The lowest BCUT2D eigenvalue weighted by Gasteiger charge is -2.30. The third-order valence-corrected chi connectivity index (χ3v) is 5.62. The Labute approximate surface area is 162 Å². The molecule has 0 radical (unpaired) electrons. The summed E-state index contributed by atoms with van der Waals surface area (Å²) in [7, 11) is 0. The monoisotopic (exact) mass is 382 g/mol. The van der Waals surface area contributed by atoms with Crippen molar-refractivity contribution in [2.24, 2.45) is 0 Å². The van der Waals surface area contributed by atoms with E-state index in [4.69, 9.17) is 14.5 Å². The van der Waals surface area contributed by atoms with E-state index in [1.54, 1.807) is 23.1 Å². The molecule has 4 heterocycles. The Bertz CT molecular complexity index is 981. The lowest BCUT2D eigenvalue weighted by molar-refractivity contribution is 0.0732. The van der Waals surface area contributed by atoms with Crippen LogP contribution in [0.1, 0.15) is 40.9 Å². The minimum Gasteiger partial charge on any atom is -0.454 e. The van der Waals surface area contributed by atoms with Crippen LogP contribution in [0.4, 0.5) is 5.95 Å². The molecule has 1 aromatic carbocycles. The summed E-state index contributed by atoms with van der Waals surface area (Å²) in [5.41, 5.74) is 1.77. The SMILES string of the molecule is O=C(c1ccc2c(c1)OCO2)N1CCc2nc(N3CCCCC3)[nH]c(=O)c2C1. The third-order valence-electron chi connectivity index (χ3n) is 5.62. The number of H-pyrrole nitrogens is 1. The average Bonchev–Trinajstić information content (AvgIpc) is 3.21. The number of rotatable bonds is 2. The summed E-state index contributed by atoms with van der Waals surface area (Å²) in [5, 5.41) is 0. The zero-order valence-corrected chi connectivity index (χ0v) is 15.6. The van der Waals surface area contributed by atoms with E-state index < -0.39 is 0 Å². The molecule has 1 N–H and O–H groups in total. The highest BCUT2D eigenvalue weighted by molar-refractivity contribution is 5.95. The largest absolute Gasteiger partial charge is 0.454 e. The van der Waals surface area contributed by atoms with E-state index in [1.165, 1.54) is 6.42 Å². The fourth-order valence-electron chi connectivity index (χ4n) is 4.05. The quantitative estimate of drug-likeness (QED) is 0.850. The summed E-state index contributed by atoms with van der Waals surface area (Å²) >= 11 is 0. The maximum absolute atomic E-state index is 12.9. The van der Waals surface area contributed by atoms with E-state index in [2.05, 4.69) is 9.88 Å². The Kier molecular flexibility index (Phi) is 4.18. The van der Waals surface area contributed by atoms with Crippen LogP contribution in [0.3, 0.4) is 0 Å². The van der Waals surface area contributed by atoms with Crippen LogP contribution in [-0.2, 0) is 13.0 Å². The molecule has 1 aromatic heterocycles. The third kappa shape index (κ3) is 2.98. The minimum atomic E-state index is -0.145. The van der Waals surface area contributed by atoms with Crippen LogP contribution >= 0.6 is 0 Å². The van der Waals surface area contributed by atoms with Gasteiger partial charge in [-0.25, -0.2) is 4.98 Å². The van der Waals surface area contributed by atoms with Gasteiger partial charge in [-0.3, -0.25) is 14.6 Å². The molecule has 1 amide bonds. The van der Waals surface area contributed by atoms with E-state index in [-0.39, 0.29) is 24.8 Å². The lowest BCUT2D eigenvalue weighted by atomic mass is 10.1. The predicted octanol–water partition coefficient (Wildman–Crippen LogP) is 1.69. The topological polar surface area (TPSA) is 87.8 Å². The first-order chi connectivity index (χ1) is 13.7. The van der Waals surface area contributed by atoms with Crippen molar-refractivity contribution < 1.29 is 14.3 Å². The molecule has 8 heteroatoms. The Hall–Kier alpha value is -3.03. The van der Waals surface area contributed by atoms with Gasteiger partial charge in [0.1, 0.15) is 0 Å². The van der Waals surface area contributed by atoms with Crippen molar-refractivity contribution in [2.75, 3.05) is 31.3 Å². The number of ether oxygens (including phenoxy) is 2. The summed E-state index contributed by atoms with van der Waals surface area (Å²) in [5.74, 6) is 1.77. The highest BCUT2D eigenvalue weighted by Gasteiger charge is 2.27. The number of anilines is 1. The Balaban J connectivity index is 1.37. The van der Waals surface area contributed by atoms with Gasteiger partial charge in [0, 0.05) is 31.6 Å². The molecule has 3 aliphatic rings. The Morgan fingerprint density at radius 1 is 1.07 bits per heavy atom. The average molecular weight is 382 g/mol. The summed E-state index contributed by atoms with van der Waals surface area (Å²) in [4.78, 5) is 37.1. The van der Waals surface area contributed by atoms with Gasteiger partial charge in [0.25, 0.3) is 11.5 Å². The molecule has 28 heavy (non-hydrogen) atoms. The predicted molar refractivity (Wildman–Crippen MR) is 102 cm³/mol. The number of hydrogen-bond donors (Lipinski definition) is 1. The van der Waals surface area contributed by atoms with Crippen molar-refractivity contribution in [3.63, 3.8) is 0 Å². The number of fused-ring (bicyclic) bond motifs is 2. The second-order valence-corrected chi connectivity index (χ2v) is 7.41. The zero-order valence-electron chi connectivity index (χ0n) is 15.6. The van der Waals surface area contributed by atoms with Gasteiger partial charge in [0.05, 0.1) is 17.8 Å². The summed E-state index contributed by atoms with van der Waals surface area (Å²) < 4.78 is 10.7. The van der Waals surface area contributed by atoms with Gasteiger partial charge >= 0.3 is 0 Å². The number of carbonyl (C=O) groups is 1. The number of benzene rings is 1. The van der Waals surface area contributed by atoms with E-state index >= 15 is 0 Å². The van der Waals surface area contributed by atoms with Crippen LogP contribution < -0.4 is 19.9 Å². The number of aromatic amines is 1. The lowest BCUT2D eigenvalue weighted by Crippen LogP contribution is -2.41. The first-order valence-electron chi connectivity index (χ1n) is 9.75. The van der Waals surface area contributed by atoms with Gasteiger partial charge < -0.3 is 19.3 Å². The van der Waals surface area contributed by atoms with Crippen molar-refractivity contribution in [3.05, 3.63) is 45.4 Å². The molecule has 3 aliphatic heterocycles. The smallest absolute Gasteiger partial charge is 0.257 e. The molecule has 1 saturated heterocycles. The number of hydrogen-bond acceptors (Lipinski definition) is 6. The van der Waals surface area contributed by atoms with Crippen molar-refractivity contribution in [1.82, 2.24) is 14.9 Å². The number of piperidine rings is 1. The molecule has 0 unspecified atom stereocenters. The van der Waals surface area contributed by atoms with E-state index in [0.29, 0.717) is 41.5 Å². The molecule has 0 spiro atoms. The number of nitrogens with one attached hydrogen (secondary N) is 1. The van der Waals surface area contributed by atoms with Crippen LogP contribution in [0.15, 0.2) is 23.0 Å². The van der Waals surface area contributed by atoms with Crippen molar-refractivity contribution >= 4 is 11.9 Å². The molecule has 146 valence electrons. The van der Waals surface area contributed by atoms with Crippen LogP contribution in [0, 0.1) is 0 Å². The van der Waals surface area contributed by atoms with Gasteiger partial charge in [-0.05, 0) is 37.5 Å². The molecule has 0 bridgehead atoms. The number of amides is 1. The summed E-state index contributed by atoms with van der Waals surface area (Å²) in [6.07, 6.45) is 4.05. The van der Waals surface area contributed by atoms with Crippen LogP contribution in [0.5, 0.6) is 11.5 Å². The second-order valence-electron chi connectivity index (χ2n) is 7.41. The highest BCUT2D eigenvalue weighted by atomic mass is 16.7. The molecule has 0 aliphatic carbocycles. The van der Waals surface area contributed by atoms with Gasteiger partial charge in [0.15, 0.2) is 11.5 Å². The molecule has 0 saturated carbocycles. The van der Waals surface area contributed by atoms with Gasteiger partial charge in [0.2, 0.25) is 12.7 Å². The normalized spacial score (nSPS) is 18.1. The standard InChI is InChI=1S/C20H22N4O4/c25-18-14-11-24(19(26)13-4-5-16-17(10-13)28-12-27-16)9-6-15(14)21-20(22-18)23-7-2-1-3-8-23/h4-5,10H,1-3,6-9,11-12H2,(H,21,22,25). The van der Waals surface area contributed by atoms with Crippen LogP contribution in [0.2, 0.25) is 0 Å². The second kappa shape index (κ2) is 6.85. The zero-order chi connectivity index (χ0) is 19.1. The Morgan fingerprint density at radius 3 is 2.75 bits per heavy atom. The van der Waals surface area contributed by atoms with Gasteiger partial charge in [-0.15, -0.1) is 0 Å². The van der Waals surface area contributed by atoms with E-state index in [0.717, 1.165) is 31.6 Å². The summed E-state index contributed by atoms with van der Waals surface area (Å²) in [6, 6.07) is 5.17. The molecule has 8 nitrogen and oxygen atoms in total. The maximum atomic E-state index is 12.9. The van der Waals surface area contributed by atoms with Crippen LogP contribution in [0.25, 0.3) is 0 Å². The van der Waals surface area contributed by atoms with Crippen LogP contribution in [-0.4, -0.2) is 47.2 Å². The maximum Gasteiger partial charge on any atom is 0.257 e. The molecule has 5 rings (SSSR count). The number of aromatic nitrogens is 2. The fourth-order valence-corrected chi connectivity index (χ4v) is 4.05. The van der Waals surface area contributed by atoms with Crippen molar-refractivity contribution in [3.8, 4) is 11.5 Å². The molecule has 2 aromatic rings. The van der Waals surface area contributed by atoms with Crippen molar-refractivity contribution in [2.45, 2.75) is 32.2 Å². The Morgan fingerprint density at radius 2 is 1.89 bits per heavy atom. The first kappa shape index (κ1) is 17.1. The van der Waals surface area contributed by atoms with Gasteiger partial charge in [-0.1, -0.05) is 0 Å². The van der Waals surface area contributed by atoms with E-state index in [9.17, 15) is 9.59 Å². The number of nitrogens with zero attached hydrogens (tertiary/aromatic N) is 3. The van der Waals surface area contributed by atoms with Gasteiger partial charge in [-0.2, -0.15) is 0 Å². The van der Waals surface area contributed by atoms with E-state index in [1.807, 2.05) is 0 Å². The molecule has 0 atom stereocenters. The molecule has 1 fully saturated rings. The summed E-state index contributed by atoms with van der Waals surface area (Å²) in [6.45, 7) is 2.83. The molecular formula is C20H22N4O4. The molecular weight excluding hydrogens is 360 g/mol. The fraction of sp³-hybridized carbons (Fsp3) is 0.450. The first-order valence-corrected chi connectivity index (χ1v) is 9.75.